The van der Waals surface area contributed by atoms with E-state index in [2.05, 4.69) is 22.5 Å². The Balaban J connectivity index is 1.29. The van der Waals surface area contributed by atoms with Gasteiger partial charge in [-0.2, -0.15) is 5.10 Å². The standard InChI is InChI=1S/C23H28F2N4O2/c24-23(25)9-11-28(15-22(23)10-12-31-16-22)21(30)27-19-7-4-8-20-18(19)13-26-29(20)14-17-5-2-1-3-6-17/h1-3,5-6,13,19H,4,7-12,14-16H2,(H,27,30). The van der Waals surface area contributed by atoms with Crippen LogP contribution in [0.15, 0.2) is 36.5 Å². The molecule has 1 aliphatic carbocycles. The Kier molecular flexibility index (Phi) is 5.20. The molecule has 8 heteroatoms. The highest BCUT2D eigenvalue weighted by Crippen LogP contribution is 2.48. The van der Waals surface area contributed by atoms with Gasteiger partial charge in [0.05, 0.1) is 30.8 Å². The third-order valence-corrected chi connectivity index (χ3v) is 7.09. The number of piperidine rings is 1. The highest BCUT2D eigenvalue weighted by atomic mass is 19.3. The van der Waals surface area contributed by atoms with Crippen molar-refractivity contribution in [2.45, 2.75) is 50.6 Å². The molecular weight excluding hydrogens is 402 g/mol. The number of alkyl halides is 2. The van der Waals surface area contributed by atoms with Crippen molar-refractivity contribution < 1.29 is 18.3 Å². The van der Waals surface area contributed by atoms with E-state index in [1.165, 1.54) is 5.56 Å². The lowest BCUT2D eigenvalue weighted by atomic mass is 9.76. The van der Waals surface area contributed by atoms with Crippen LogP contribution in [-0.4, -0.2) is 52.9 Å². The Bertz CT molecular complexity index is 940. The van der Waals surface area contributed by atoms with Crippen LogP contribution in [-0.2, 0) is 17.7 Å². The molecule has 5 rings (SSSR count). The molecule has 1 aromatic carbocycles. The van der Waals surface area contributed by atoms with Crippen molar-refractivity contribution in [3.05, 3.63) is 53.3 Å². The molecule has 2 aliphatic heterocycles. The van der Waals surface area contributed by atoms with Gasteiger partial charge < -0.3 is 15.0 Å². The normalized spacial score (nSPS) is 27.3. The van der Waals surface area contributed by atoms with E-state index in [0.29, 0.717) is 19.6 Å². The highest BCUT2D eigenvalue weighted by molar-refractivity contribution is 5.75. The quantitative estimate of drug-likeness (QED) is 0.807. The number of carbonyl (C=O) groups excluding carboxylic acids is 1. The maximum Gasteiger partial charge on any atom is 0.317 e. The molecule has 6 nitrogen and oxygen atoms in total. The fourth-order valence-corrected chi connectivity index (χ4v) is 5.20. The molecule has 166 valence electrons. The predicted octanol–water partition coefficient (Wildman–Crippen LogP) is 3.77. The van der Waals surface area contributed by atoms with E-state index in [9.17, 15) is 13.6 Å². The molecule has 0 bridgehead atoms. The summed E-state index contributed by atoms with van der Waals surface area (Å²) < 4.78 is 36.5. The minimum absolute atomic E-state index is 0.0175. The SMILES string of the molecule is O=C(NC1CCCc2c1cnn2Cc1ccccc1)N1CCC(F)(F)C2(CCOC2)C1. The van der Waals surface area contributed by atoms with Gasteiger partial charge in [-0.25, -0.2) is 13.6 Å². The summed E-state index contributed by atoms with van der Waals surface area (Å²) >= 11 is 0. The van der Waals surface area contributed by atoms with E-state index in [1.54, 1.807) is 4.90 Å². The number of rotatable bonds is 3. The van der Waals surface area contributed by atoms with Gasteiger partial charge in [0, 0.05) is 37.4 Å². The number of halogens is 2. The highest BCUT2D eigenvalue weighted by Gasteiger charge is 2.59. The van der Waals surface area contributed by atoms with Crippen molar-refractivity contribution >= 4 is 6.03 Å². The first-order valence-corrected chi connectivity index (χ1v) is 11.1. The molecule has 2 amide bonds. The van der Waals surface area contributed by atoms with Crippen molar-refractivity contribution in [2.75, 3.05) is 26.3 Å². The molecule has 1 spiro atoms. The van der Waals surface area contributed by atoms with Gasteiger partial charge in [0.25, 0.3) is 5.92 Å². The minimum Gasteiger partial charge on any atom is -0.381 e. The predicted molar refractivity (Wildman–Crippen MR) is 111 cm³/mol. The largest absolute Gasteiger partial charge is 0.381 e. The zero-order chi connectivity index (χ0) is 21.5. The van der Waals surface area contributed by atoms with Gasteiger partial charge in [-0.05, 0) is 31.2 Å². The van der Waals surface area contributed by atoms with Crippen molar-refractivity contribution in [1.82, 2.24) is 20.0 Å². The number of hydrogen-bond donors (Lipinski definition) is 1. The number of aromatic nitrogens is 2. The van der Waals surface area contributed by atoms with E-state index in [1.807, 2.05) is 29.1 Å². The Morgan fingerprint density at radius 1 is 1.26 bits per heavy atom. The first kappa shape index (κ1) is 20.4. The molecule has 3 aliphatic rings. The molecule has 2 fully saturated rings. The summed E-state index contributed by atoms with van der Waals surface area (Å²) in [5.41, 5.74) is 2.11. The van der Waals surface area contributed by atoms with Crippen LogP contribution in [0.5, 0.6) is 0 Å². The van der Waals surface area contributed by atoms with Crippen LogP contribution in [0.1, 0.15) is 48.5 Å². The second-order valence-electron chi connectivity index (χ2n) is 9.04. The monoisotopic (exact) mass is 430 g/mol. The number of ether oxygens (including phenoxy) is 1. The van der Waals surface area contributed by atoms with Gasteiger partial charge in [-0.3, -0.25) is 4.68 Å². The van der Waals surface area contributed by atoms with Crippen molar-refractivity contribution in [2.24, 2.45) is 5.41 Å². The number of urea groups is 1. The molecular formula is C23H28F2N4O2. The average Bonchev–Trinajstić information content (AvgIpc) is 3.40. The van der Waals surface area contributed by atoms with Gasteiger partial charge in [-0.1, -0.05) is 30.3 Å². The molecule has 2 aromatic rings. The number of benzene rings is 1. The van der Waals surface area contributed by atoms with E-state index in [4.69, 9.17) is 4.74 Å². The van der Waals surface area contributed by atoms with Crippen LogP contribution in [0.2, 0.25) is 0 Å². The smallest absolute Gasteiger partial charge is 0.317 e. The third-order valence-electron chi connectivity index (χ3n) is 7.09. The van der Waals surface area contributed by atoms with E-state index >= 15 is 0 Å². The Labute approximate surface area is 180 Å². The average molecular weight is 430 g/mol. The van der Waals surface area contributed by atoms with Gasteiger partial charge in [-0.15, -0.1) is 0 Å². The summed E-state index contributed by atoms with van der Waals surface area (Å²) in [6, 6.07) is 9.76. The van der Waals surface area contributed by atoms with E-state index in [-0.39, 0.29) is 38.2 Å². The second-order valence-corrected chi connectivity index (χ2v) is 9.04. The fourth-order valence-electron chi connectivity index (χ4n) is 5.20. The summed E-state index contributed by atoms with van der Waals surface area (Å²) in [7, 11) is 0. The number of nitrogens with zero attached hydrogens (tertiary/aromatic N) is 3. The summed E-state index contributed by atoms with van der Waals surface area (Å²) in [5, 5.41) is 7.68. The maximum absolute atomic E-state index is 14.6. The molecule has 0 radical (unpaired) electrons. The van der Waals surface area contributed by atoms with Crippen LogP contribution in [0.3, 0.4) is 0 Å². The molecule has 2 unspecified atom stereocenters. The van der Waals surface area contributed by atoms with Crippen molar-refractivity contribution in [3.8, 4) is 0 Å². The van der Waals surface area contributed by atoms with Gasteiger partial charge in [0.1, 0.15) is 0 Å². The number of nitrogens with one attached hydrogen (secondary N) is 1. The topological polar surface area (TPSA) is 59.4 Å². The molecule has 3 heterocycles. The molecule has 31 heavy (non-hydrogen) atoms. The molecule has 1 aromatic heterocycles. The number of hydrogen-bond acceptors (Lipinski definition) is 3. The summed E-state index contributed by atoms with van der Waals surface area (Å²) in [6.45, 7) is 1.15. The lowest BCUT2D eigenvalue weighted by Gasteiger charge is -2.45. The third kappa shape index (κ3) is 3.71. The maximum atomic E-state index is 14.6. The fraction of sp³-hybridized carbons (Fsp3) is 0.565. The first-order chi connectivity index (χ1) is 15.0. The van der Waals surface area contributed by atoms with Crippen LogP contribution in [0.25, 0.3) is 0 Å². The number of likely N-dealkylation sites (tertiary alicyclic amines) is 1. The van der Waals surface area contributed by atoms with Crippen LogP contribution >= 0.6 is 0 Å². The van der Waals surface area contributed by atoms with Gasteiger partial charge in [0.2, 0.25) is 0 Å². The first-order valence-electron chi connectivity index (χ1n) is 11.1. The Morgan fingerprint density at radius 3 is 2.87 bits per heavy atom. The summed E-state index contributed by atoms with van der Waals surface area (Å²) in [4.78, 5) is 14.6. The second kappa shape index (κ2) is 7.89. The Hall–Kier alpha value is -2.48. The number of carbonyl (C=O) groups is 1. The zero-order valence-corrected chi connectivity index (χ0v) is 17.5. The van der Waals surface area contributed by atoms with Crippen molar-refractivity contribution in [3.63, 3.8) is 0 Å². The Morgan fingerprint density at radius 2 is 2.10 bits per heavy atom. The molecule has 1 N–H and O–H groups in total. The minimum atomic E-state index is -2.79. The van der Waals surface area contributed by atoms with Crippen molar-refractivity contribution in [1.29, 1.82) is 0 Å². The van der Waals surface area contributed by atoms with Crippen LogP contribution in [0.4, 0.5) is 13.6 Å². The lowest BCUT2D eigenvalue weighted by Crippen LogP contribution is -2.59. The van der Waals surface area contributed by atoms with Gasteiger partial charge in [0.15, 0.2) is 0 Å². The summed E-state index contributed by atoms with van der Waals surface area (Å²) in [6.07, 6.45) is 4.53. The molecule has 0 saturated carbocycles. The van der Waals surface area contributed by atoms with Crippen LogP contribution in [0, 0.1) is 5.41 Å². The number of amides is 2. The van der Waals surface area contributed by atoms with Gasteiger partial charge >= 0.3 is 6.03 Å². The molecule has 2 saturated heterocycles. The summed E-state index contributed by atoms with van der Waals surface area (Å²) in [5.74, 6) is -2.79. The van der Waals surface area contributed by atoms with E-state index < -0.39 is 11.3 Å². The van der Waals surface area contributed by atoms with E-state index in [0.717, 1.165) is 30.5 Å². The molecule has 2 atom stereocenters. The number of fused-ring (bicyclic) bond motifs is 1. The van der Waals surface area contributed by atoms with Crippen LogP contribution < -0.4 is 5.32 Å². The lowest BCUT2D eigenvalue weighted by molar-refractivity contribution is -0.159. The zero-order valence-electron chi connectivity index (χ0n) is 17.5.